The Balaban J connectivity index is 2.59. The van der Waals surface area contributed by atoms with Gasteiger partial charge in [-0.3, -0.25) is 4.79 Å². The highest BCUT2D eigenvalue weighted by Gasteiger charge is 2.10. The third kappa shape index (κ3) is 5.45. The van der Waals surface area contributed by atoms with E-state index in [9.17, 15) is 4.79 Å². The zero-order valence-corrected chi connectivity index (χ0v) is 11.9. The lowest BCUT2D eigenvalue weighted by molar-refractivity contribution is -0.135. The molecule has 0 aromatic heterocycles. The molecule has 0 bridgehead atoms. The van der Waals surface area contributed by atoms with Crippen molar-refractivity contribution in [2.45, 2.75) is 20.3 Å². The van der Waals surface area contributed by atoms with Crippen LogP contribution in [0.25, 0.3) is 0 Å². The normalized spacial score (nSPS) is 10.3. The molecule has 0 heterocycles. The Morgan fingerprint density at radius 2 is 2.00 bits per heavy atom. The second kappa shape index (κ2) is 8.03. The molecule has 0 aliphatic carbocycles. The first-order valence-electron chi connectivity index (χ1n) is 6.24. The monoisotopic (exact) mass is 267 g/mol. The van der Waals surface area contributed by atoms with Gasteiger partial charge in [0.25, 0.3) is 0 Å². The predicted octanol–water partition coefficient (Wildman–Crippen LogP) is 3.03. The molecule has 3 nitrogen and oxygen atoms in total. The molecule has 0 spiro atoms. The minimum absolute atomic E-state index is 0.0693. The minimum Gasteiger partial charge on any atom is -0.480 e. The van der Waals surface area contributed by atoms with Gasteiger partial charge in [0.1, 0.15) is 6.54 Å². The number of aliphatic carboxylic acids is 1. The summed E-state index contributed by atoms with van der Waals surface area (Å²) in [4.78, 5) is 12.8. The van der Waals surface area contributed by atoms with Crippen LogP contribution in [0.3, 0.4) is 0 Å². The Kier molecular flexibility index (Phi) is 6.65. The first kappa shape index (κ1) is 14.9. The molecule has 0 radical (unpaired) electrons. The molecule has 1 N–H and O–H groups in total. The molecule has 1 aromatic carbocycles. The summed E-state index contributed by atoms with van der Waals surface area (Å²) in [6, 6.07) is 8.02. The van der Waals surface area contributed by atoms with Crippen LogP contribution in [0.5, 0.6) is 0 Å². The molecular weight excluding hydrogens is 246 g/mol. The van der Waals surface area contributed by atoms with Crippen LogP contribution < -0.4 is 4.90 Å². The van der Waals surface area contributed by atoms with Gasteiger partial charge in [0.2, 0.25) is 0 Å². The molecule has 0 fully saturated rings. The van der Waals surface area contributed by atoms with Crippen molar-refractivity contribution >= 4 is 23.4 Å². The van der Waals surface area contributed by atoms with Crippen molar-refractivity contribution in [3.63, 3.8) is 0 Å². The maximum Gasteiger partial charge on any atom is 0.323 e. The van der Waals surface area contributed by atoms with E-state index in [-0.39, 0.29) is 6.54 Å². The Hall–Kier alpha value is -1.16. The van der Waals surface area contributed by atoms with Crippen molar-refractivity contribution in [1.82, 2.24) is 0 Å². The van der Waals surface area contributed by atoms with Crippen molar-refractivity contribution in [1.29, 1.82) is 0 Å². The second-order valence-electron chi connectivity index (χ2n) is 4.20. The molecule has 0 aliphatic rings. The largest absolute Gasteiger partial charge is 0.480 e. The Morgan fingerprint density at radius 3 is 2.56 bits per heavy atom. The highest BCUT2D eigenvalue weighted by atomic mass is 32.2. The van der Waals surface area contributed by atoms with E-state index < -0.39 is 5.97 Å². The average Bonchev–Trinajstić information content (AvgIpc) is 2.34. The lowest BCUT2D eigenvalue weighted by Gasteiger charge is -2.23. The van der Waals surface area contributed by atoms with Gasteiger partial charge in [0.15, 0.2) is 0 Å². The van der Waals surface area contributed by atoms with Gasteiger partial charge in [-0.2, -0.15) is 11.8 Å². The fourth-order valence-electron chi connectivity index (χ4n) is 1.72. The van der Waals surface area contributed by atoms with Crippen LogP contribution in [0.15, 0.2) is 24.3 Å². The molecule has 0 amide bonds. The van der Waals surface area contributed by atoms with Crippen LogP contribution in [0.4, 0.5) is 5.69 Å². The molecule has 0 saturated carbocycles. The third-order valence-electron chi connectivity index (χ3n) is 2.65. The van der Waals surface area contributed by atoms with E-state index in [0.29, 0.717) is 0 Å². The van der Waals surface area contributed by atoms with Crippen LogP contribution in [-0.4, -0.2) is 35.7 Å². The molecule has 0 unspecified atom stereocenters. The number of carboxylic acid groups (broad SMARTS) is 1. The molecular formula is C14H21NO2S. The Bertz CT molecular complexity index is 365. The van der Waals surface area contributed by atoms with Gasteiger partial charge in [-0.15, -0.1) is 0 Å². The number of hydrogen-bond acceptors (Lipinski definition) is 3. The fraction of sp³-hybridized carbons (Fsp3) is 0.500. The van der Waals surface area contributed by atoms with Gasteiger partial charge in [-0.25, -0.2) is 0 Å². The van der Waals surface area contributed by atoms with E-state index in [1.54, 1.807) is 0 Å². The molecule has 0 saturated heterocycles. The fourth-order valence-corrected chi connectivity index (χ4v) is 2.34. The summed E-state index contributed by atoms with van der Waals surface area (Å²) in [6.07, 6.45) is 1.01. The zero-order valence-electron chi connectivity index (χ0n) is 11.1. The van der Waals surface area contributed by atoms with Gasteiger partial charge in [-0.1, -0.05) is 24.6 Å². The highest BCUT2D eigenvalue weighted by Crippen LogP contribution is 2.16. The summed E-state index contributed by atoms with van der Waals surface area (Å²) in [6.45, 7) is 5.03. The Morgan fingerprint density at radius 1 is 1.33 bits per heavy atom. The van der Waals surface area contributed by atoms with Gasteiger partial charge in [0, 0.05) is 12.2 Å². The maximum absolute atomic E-state index is 10.9. The lowest BCUT2D eigenvalue weighted by Crippen LogP contribution is -2.30. The van der Waals surface area contributed by atoms with Crippen LogP contribution in [0.1, 0.15) is 18.9 Å². The average molecular weight is 267 g/mol. The molecule has 1 rings (SSSR count). The number of nitrogens with zero attached hydrogens (tertiary/aromatic N) is 1. The van der Waals surface area contributed by atoms with Crippen LogP contribution in [0.2, 0.25) is 0 Å². The molecule has 18 heavy (non-hydrogen) atoms. The molecule has 4 heteroatoms. The van der Waals surface area contributed by atoms with Crippen LogP contribution in [0, 0.1) is 6.92 Å². The van der Waals surface area contributed by atoms with E-state index >= 15 is 0 Å². The number of carbonyl (C=O) groups is 1. The quantitative estimate of drug-likeness (QED) is 0.735. The SMILES string of the molecule is CCSCCCN(CC(=O)O)c1ccc(C)cc1. The number of thioether (sulfide) groups is 1. The summed E-state index contributed by atoms with van der Waals surface area (Å²) >= 11 is 1.89. The molecule has 0 aliphatic heterocycles. The van der Waals surface area contributed by atoms with E-state index in [1.807, 2.05) is 47.9 Å². The van der Waals surface area contributed by atoms with E-state index in [1.165, 1.54) is 5.56 Å². The number of rotatable bonds is 8. The summed E-state index contributed by atoms with van der Waals surface area (Å²) in [7, 11) is 0. The number of aryl methyl sites for hydroxylation is 1. The van der Waals surface area contributed by atoms with Crippen molar-refractivity contribution in [3.8, 4) is 0 Å². The number of benzene rings is 1. The van der Waals surface area contributed by atoms with Crippen LogP contribution in [-0.2, 0) is 4.79 Å². The first-order valence-corrected chi connectivity index (χ1v) is 7.40. The van der Waals surface area contributed by atoms with Gasteiger partial charge >= 0.3 is 5.97 Å². The summed E-state index contributed by atoms with van der Waals surface area (Å²) in [5.41, 5.74) is 2.18. The van der Waals surface area contributed by atoms with Crippen LogP contribution >= 0.6 is 11.8 Å². The standard InChI is InChI=1S/C14H21NO2S/c1-3-18-10-4-9-15(11-14(16)17)13-7-5-12(2)6-8-13/h5-8H,3-4,9-11H2,1-2H3,(H,16,17). The van der Waals surface area contributed by atoms with Gasteiger partial charge < -0.3 is 10.0 Å². The highest BCUT2D eigenvalue weighted by molar-refractivity contribution is 7.99. The van der Waals surface area contributed by atoms with Gasteiger partial charge in [-0.05, 0) is 37.0 Å². The lowest BCUT2D eigenvalue weighted by atomic mass is 10.2. The van der Waals surface area contributed by atoms with E-state index in [0.717, 1.165) is 30.2 Å². The Labute approximate surface area is 113 Å². The van der Waals surface area contributed by atoms with Crippen molar-refractivity contribution in [2.75, 3.05) is 29.5 Å². The minimum atomic E-state index is -0.779. The number of hydrogen-bond donors (Lipinski definition) is 1. The summed E-state index contributed by atoms with van der Waals surface area (Å²) in [5, 5.41) is 8.96. The maximum atomic E-state index is 10.9. The third-order valence-corrected chi connectivity index (χ3v) is 3.63. The van der Waals surface area contributed by atoms with Crippen molar-refractivity contribution in [3.05, 3.63) is 29.8 Å². The summed E-state index contributed by atoms with van der Waals surface area (Å²) in [5.74, 6) is 1.42. The molecule has 0 atom stereocenters. The molecule has 1 aromatic rings. The predicted molar refractivity (Wildman–Crippen MR) is 78.6 cm³/mol. The second-order valence-corrected chi connectivity index (χ2v) is 5.60. The van der Waals surface area contributed by atoms with E-state index in [2.05, 4.69) is 6.92 Å². The summed E-state index contributed by atoms with van der Waals surface area (Å²) < 4.78 is 0. The van der Waals surface area contributed by atoms with E-state index in [4.69, 9.17) is 5.11 Å². The first-order chi connectivity index (χ1) is 8.63. The van der Waals surface area contributed by atoms with Crippen molar-refractivity contribution < 1.29 is 9.90 Å². The van der Waals surface area contributed by atoms with Crippen molar-refractivity contribution in [2.24, 2.45) is 0 Å². The number of anilines is 1. The van der Waals surface area contributed by atoms with Gasteiger partial charge in [0.05, 0.1) is 0 Å². The topological polar surface area (TPSA) is 40.5 Å². The number of carboxylic acids is 1. The molecule has 100 valence electrons. The zero-order chi connectivity index (χ0) is 13.4. The smallest absolute Gasteiger partial charge is 0.323 e.